The van der Waals surface area contributed by atoms with Crippen LogP contribution in [-0.4, -0.2) is 30.3 Å². The highest BCUT2D eigenvalue weighted by atomic mass is 16.4. The van der Waals surface area contributed by atoms with Crippen LogP contribution in [0.2, 0.25) is 0 Å². The molecule has 1 aromatic carbocycles. The first kappa shape index (κ1) is 12.7. The van der Waals surface area contributed by atoms with Crippen molar-refractivity contribution in [1.29, 1.82) is 0 Å². The van der Waals surface area contributed by atoms with Crippen LogP contribution in [-0.2, 0) is 11.2 Å². The second kappa shape index (κ2) is 5.63. The predicted octanol–water partition coefficient (Wildman–Crippen LogP) is -1.71. The number of aliphatic hydroxyl groups excluding tert-OH is 1. The van der Waals surface area contributed by atoms with E-state index in [0.717, 1.165) is 5.56 Å². The van der Waals surface area contributed by atoms with E-state index in [1.807, 2.05) is 30.3 Å². The SMILES string of the molecule is C[NH2+]C(CCO)(Cc1ccccc1)C(=O)[O-]. The molecule has 0 saturated heterocycles. The topological polar surface area (TPSA) is 77.0 Å². The summed E-state index contributed by atoms with van der Waals surface area (Å²) in [5.74, 6) is -1.13. The number of carboxylic acid groups (broad SMARTS) is 1. The number of carboxylic acids is 1. The molecule has 0 amide bonds. The highest BCUT2D eigenvalue weighted by Crippen LogP contribution is 2.12. The van der Waals surface area contributed by atoms with Gasteiger partial charge in [0, 0.05) is 19.4 Å². The Kier molecular flexibility index (Phi) is 4.46. The van der Waals surface area contributed by atoms with Gasteiger partial charge < -0.3 is 20.3 Å². The first-order valence-electron chi connectivity index (χ1n) is 5.31. The summed E-state index contributed by atoms with van der Waals surface area (Å²) in [6.45, 7) is -0.162. The lowest BCUT2D eigenvalue weighted by Crippen LogP contribution is -2.98. The highest BCUT2D eigenvalue weighted by Gasteiger charge is 2.33. The molecular formula is C12H17NO3. The summed E-state index contributed by atoms with van der Waals surface area (Å²) in [6, 6.07) is 9.36. The number of likely N-dealkylation sites (N-methyl/N-ethyl adjacent to an activating group) is 1. The van der Waals surface area contributed by atoms with Gasteiger partial charge in [0.2, 0.25) is 0 Å². The Morgan fingerprint density at radius 2 is 2.06 bits per heavy atom. The van der Waals surface area contributed by atoms with Crippen LogP contribution in [0.15, 0.2) is 30.3 Å². The van der Waals surface area contributed by atoms with Crippen LogP contribution in [0.3, 0.4) is 0 Å². The molecule has 1 aromatic rings. The minimum absolute atomic E-state index is 0.162. The van der Waals surface area contributed by atoms with E-state index in [9.17, 15) is 9.90 Å². The van der Waals surface area contributed by atoms with Gasteiger partial charge in [-0.2, -0.15) is 0 Å². The second-order valence-corrected chi connectivity index (χ2v) is 3.87. The standard InChI is InChI=1S/C12H17NO3/c1-13-12(7-8-14,11(15)16)9-10-5-3-2-4-6-10/h2-6,13-14H,7-9H2,1H3,(H,15,16). The van der Waals surface area contributed by atoms with Gasteiger partial charge >= 0.3 is 0 Å². The van der Waals surface area contributed by atoms with Crippen molar-refractivity contribution in [2.75, 3.05) is 13.7 Å². The number of nitrogens with two attached hydrogens (primary N) is 1. The zero-order chi connectivity index (χ0) is 12.0. The molecule has 0 spiro atoms. The van der Waals surface area contributed by atoms with E-state index in [1.165, 1.54) is 0 Å². The molecule has 0 heterocycles. The number of hydrogen-bond acceptors (Lipinski definition) is 3. The van der Waals surface area contributed by atoms with Crippen LogP contribution in [0, 0.1) is 0 Å². The van der Waals surface area contributed by atoms with Crippen LogP contribution >= 0.6 is 0 Å². The molecule has 0 aliphatic rings. The van der Waals surface area contributed by atoms with Gasteiger partial charge in [-0.25, -0.2) is 0 Å². The number of aliphatic hydroxyl groups is 1. The van der Waals surface area contributed by atoms with Gasteiger partial charge in [-0.3, -0.25) is 0 Å². The molecule has 0 fully saturated rings. The summed E-state index contributed by atoms with van der Waals surface area (Å²) >= 11 is 0. The van der Waals surface area contributed by atoms with Crippen molar-refractivity contribution in [1.82, 2.24) is 0 Å². The molecule has 0 saturated carbocycles. The summed E-state index contributed by atoms with van der Waals surface area (Å²) in [5, 5.41) is 21.7. The third-order valence-corrected chi connectivity index (χ3v) is 2.88. The van der Waals surface area contributed by atoms with Gasteiger partial charge in [-0.15, -0.1) is 0 Å². The Morgan fingerprint density at radius 3 is 2.50 bits per heavy atom. The number of rotatable bonds is 6. The third kappa shape index (κ3) is 2.81. The first-order valence-corrected chi connectivity index (χ1v) is 5.31. The number of benzene rings is 1. The van der Waals surface area contributed by atoms with E-state index in [1.54, 1.807) is 12.4 Å². The van der Waals surface area contributed by atoms with Crippen LogP contribution in [0.1, 0.15) is 12.0 Å². The molecule has 0 bridgehead atoms. The van der Waals surface area contributed by atoms with E-state index in [-0.39, 0.29) is 13.0 Å². The Morgan fingerprint density at radius 1 is 1.44 bits per heavy atom. The lowest BCUT2D eigenvalue weighted by atomic mass is 9.88. The van der Waals surface area contributed by atoms with Crippen molar-refractivity contribution in [3.8, 4) is 0 Å². The van der Waals surface area contributed by atoms with Crippen molar-refractivity contribution in [2.24, 2.45) is 0 Å². The Labute approximate surface area is 94.9 Å². The number of quaternary nitrogens is 1. The Balaban J connectivity index is 2.90. The Bertz CT molecular complexity index is 339. The number of carbonyl (C=O) groups is 1. The maximum atomic E-state index is 11.2. The largest absolute Gasteiger partial charge is 0.544 e. The number of aliphatic carboxylic acids is 1. The van der Waals surface area contributed by atoms with E-state index in [2.05, 4.69) is 0 Å². The van der Waals surface area contributed by atoms with E-state index in [0.29, 0.717) is 6.42 Å². The van der Waals surface area contributed by atoms with Crippen LogP contribution in [0.25, 0.3) is 0 Å². The molecule has 1 unspecified atom stereocenters. The summed E-state index contributed by atoms with van der Waals surface area (Å²) < 4.78 is 0. The van der Waals surface area contributed by atoms with Crippen LogP contribution < -0.4 is 10.4 Å². The van der Waals surface area contributed by atoms with Crippen LogP contribution in [0.5, 0.6) is 0 Å². The summed E-state index contributed by atoms with van der Waals surface area (Å²) in [5.41, 5.74) is -0.144. The first-order chi connectivity index (χ1) is 7.64. The molecule has 0 radical (unpaired) electrons. The fourth-order valence-electron chi connectivity index (χ4n) is 1.79. The van der Waals surface area contributed by atoms with E-state index < -0.39 is 11.5 Å². The monoisotopic (exact) mass is 223 g/mol. The molecule has 4 nitrogen and oxygen atoms in total. The minimum Gasteiger partial charge on any atom is -0.544 e. The zero-order valence-corrected chi connectivity index (χ0v) is 9.35. The Hall–Kier alpha value is -1.39. The predicted molar refractivity (Wildman–Crippen MR) is 57.4 cm³/mol. The van der Waals surface area contributed by atoms with Gasteiger partial charge in [0.1, 0.15) is 11.5 Å². The maximum absolute atomic E-state index is 11.2. The molecule has 0 aliphatic carbocycles. The van der Waals surface area contributed by atoms with Crippen molar-refractivity contribution in [2.45, 2.75) is 18.4 Å². The maximum Gasteiger partial charge on any atom is 0.142 e. The lowest BCUT2D eigenvalue weighted by Gasteiger charge is -2.30. The number of carbonyl (C=O) groups excluding carboxylic acids is 1. The number of hydrogen-bond donors (Lipinski definition) is 2. The zero-order valence-electron chi connectivity index (χ0n) is 9.35. The normalized spacial score (nSPS) is 14.4. The quantitative estimate of drug-likeness (QED) is 0.603. The van der Waals surface area contributed by atoms with Crippen LogP contribution in [0.4, 0.5) is 0 Å². The fourth-order valence-corrected chi connectivity index (χ4v) is 1.79. The molecule has 0 aliphatic heterocycles. The second-order valence-electron chi connectivity index (χ2n) is 3.87. The lowest BCUT2D eigenvalue weighted by molar-refractivity contribution is -0.697. The molecule has 16 heavy (non-hydrogen) atoms. The van der Waals surface area contributed by atoms with Gasteiger partial charge in [0.15, 0.2) is 0 Å². The molecule has 3 N–H and O–H groups in total. The smallest absolute Gasteiger partial charge is 0.142 e. The molecule has 88 valence electrons. The molecule has 1 atom stereocenters. The van der Waals surface area contributed by atoms with Gasteiger partial charge in [0.05, 0.1) is 7.05 Å². The van der Waals surface area contributed by atoms with Crippen molar-refractivity contribution in [3.63, 3.8) is 0 Å². The van der Waals surface area contributed by atoms with Gasteiger partial charge in [0.25, 0.3) is 0 Å². The van der Waals surface area contributed by atoms with Gasteiger partial charge in [-0.1, -0.05) is 30.3 Å². The van der Waals surface area contributed by atoms with Crippen molar-refractivity contribution >= 4 is 5.97 Å². The third-order valence-electron chi connectivity index (χ3n) is 2.88. The average molecular weight is 223 g/mol. The van der Waals surface area contributed by atoms with E-state index >= 15 is 0 Å². The van der Waals surface area contributed by atoms with Crippen molar-refractivity contribution < 1.29 is 20.3 Å². The van der Waals surface area contributed by atoms with E-state index in [4.69, 9.17) is 5.11 Å². The molecule has 4 heteroatoms. The van der Waals surface area contributed by atoms with Gasteiger partial charge in [-0.05, 0) is 5.56 Å². The molecule has 1 rings (SSSR count). The van der Waals surface area contributed by atoms with Crippen molar-refractivity contribution in [3.05, 3.63) is 35.9 Å². The minimum atomic E-state index is -1.13. The summed E-state index contributed by atoms with van der Waals surface area (Å²) in [4.78, 5) is 11.2. The average Bonchev–Trinajstić information content (AvgIpc) is 2.29. The molecular weight excluding hydrogens is 206 g/mol. The fraction of sp³-hybridized carbons (Fsp3) is 0.417. The summed E-state index contributed by atoms with van der Waals surface area (Å²) in [6.07, 6.45) is 0.536. The summed E-state index contributed by atoms with van der Waals surface area (Å²) in [7, 11) is 1.69. The molecule has 0 aromatic heterocycles. The highest BCUT2D eigenvalue weighted by molar-refractivity contribution is 5.75.